The van der Waals surface area contributed by atoms with Crippen LogP contribution in [0.1, 0.15) is 38.1 Å². The molecular formula is C27H31NO6. The van der Waals surface area contributed by atoms with Crippen LogP contribution >= 0.6 is 0 Å². The van der Waals surface area contributed by atoms with Crippen molar-refractivity contribution in [3.05, 3.63) is 71.9 Å². The normalized spacial score (nSPS) is 11.8. The highest BCUT2D eigenvalue weighted by atomic mass is 16.5. The van der Waals surface area contributed by atoms with Gasteiger partial charge in [-0.05, 0) is 87.9 Å². The minimum Gasteiger partial charge on any atom is -0.491 e. The van der Waals surface area contributed by atoms with Gasteiger partial charge in [-0.15, -0.1) is 0 Å². The van der Waals surface area contributed by atoms with Crippen LogP contribution in [0.3, 0.4) is 0 Å². The van der Waals surface area contributed by atoms with E-state index in [9.17, 15) is 4.79 Å². The summed E-state index contributed by atoms with van der Waals surface area (Å²) in [6.45, 7) is 8.26. The lowest BCUT2D eigenvalue weighted by Crippen LogP contribution is -2.16. The second-order valence-corrected chi connectivity index (χ2v) is 8.01. The van der Waals surface area contributed by atoms with E-state index in [0.29, 0.717) is 24.7 Å². The van der Waals surface area contributed by atoms with E-state index in [1.165, 1.54) is 0 Å². The second kappa shape index (κ2) is 12.0. The summed E-state index contributed by atoms with van der Waals surface area (Å²) >= 11 is 0. The van der Waals surface area contributed by atoms with Gasteiger partial charge in [-0.2, -0.15) is 0 Å². The molecule has 3 aromatic rings. The molecule has 0 saturated carbocycles. The lowest BCUT2D eigenvalue weighted by atomic mass is 10.1. The van der Waals surface area contributed by atoms with Crippen LogP contribution in [-0.4, -0.2) is 42.0 Å². The number of nitrogens with zero attached hydrogens (tertiary/aromatic N) is 1. The summed E-state index contributed by atoms with van der Waals surface area (Å²) in [5.41, 5.74) is 3.33. The summed E-state index contributed by atoms with van der Waals surface area (Å²) < 4.78 is 22.9. The zero-order valence-corrected chi connectivity index (χ0v) is 20.0. The maximum Gasteiger partial charge on any atom is 0.341 e. The van der Waals surface area contributed by atoms with Crippen molar-refractivity contribution in [2.75, 3.05) is 19.8 Å². The molecule has 3 rings (SSSR count). The number of benzene rings is 2. The third-order valence-electron chi connectivity index (χ3n) is 4.87. The zero-order chi connectivity index (χ0) is 24.5. The third kappa shape index (κ3) is 7.22. The molecule has 1 N–H and O–H groups in total. The average molecular weight is 466 g/mol. The first-order chi connectivity index (χ1) is 16.4. The Morgan fingerprint density at radius 3 is 2.38 bits per heavy atom. The largest absolute Gasteiger partial charge is 0.491 e. The van der Waals surface area contributed by atoms with Gasteiger partial charge in [0.2, 0.25) is 0 Å². The number of carbonyl (C=O) groups is 1. The fraction of sp³-hybridized carbons (Fsp3) is 0.333. The first-order valence-corrected chi connectivity index (χ1v) is 11.3. The summed E-state index contributed by atoms with van der Waals surface area (Å²) in [6, 6.07) is 18.9. The minimum atomic E-state index is -1.02. The monoisotopic (exact) mass is 465 g/mol. The maximum absolute atomic E-state index is 10.8. The predicted molar refractivity (Wildman–Crippen MR) is 130 cm³/mol. The highest BCUT2D eigenvalue weighted by molar-refractivity contribution is 5.68. The molecule has 0 saturated heterocycles. The van der Waals surface area contributed by atoms with Gasteiger partial charge in [0, 0.05) is 12.2 Å². The van der Waals surface area contributed by atoms with Crippen LogP contribution in [-0.2, 0) is 9.53 Å². The molecule has 0 fully saturated rings. The summed E-state index contributed by atoms with van der Waals surface area (Å²) in [4.78, 5) is 15.6. The Bertz CT molecular complexity index is 1080. The predicted octanol–water partition coefficient (Wildman–Crippen LogP) is 5.46. The molecule has 1 aromatic heterocycles. The molecule has 1 heterocycles. The van der Waals surface area contributed by atoms with Gasteiger partial charge in [-0.25, -0.2) is 9.78 Å². The highest BCUT2D eigenvalue weighted by Gasteiger charge is 2.17. The first-order valence-electron chi connectivity index (χ1n) is 11.3. The molecule has 0 radical (unpaired) electrons. The van der Waals surface area contributed by atoms with Gasteiger partial charge in [0.25, 0.3) is 0 Å². The fourth-order valence-electron chi connectivity index (χ4n) is 3.33. The van der Waals surface area contributed by atoms with E-state index in [1.807, 2.05) is 76.2 Å². The van der Waals surface area contributed by atoms with Crippen molar-refractivity contribution in [3.63, 3.8) is 0 Å². The van der Waals surface area contributed by atoms with Crippen LogP contribution in [0.25, 0.3) is 11.3 Å². The molecule has 7 nitrogen and oxygen atoms in total. The van der Waals surface area contributed by atoms with E-state index in [0.717, 1.165) is 28.3 Å². The van der Waals surface area contributed by atoms with Gasteiger partial charge in [-0.3, -0.25) is 0 Å². The Balaban J connectivity index is 1.80. The van der Waals surface area contributed by atoms with Crippen LogP contribution in [0.2, 0.25) is 0 Å². The Morgan fingerprint density at radius 1 is 1.00 bits per heavy atom. The van der Waals surface area contributed by atoms with Crippen LogP contribution in [0.15, 0.2) is 60.7 Å². The van der Waals surface area contributed by atoms with Crippen molar-refractivity contribution < 1.29 is 28.8 Å². The molecule has 7 heteroatoms. The lowest BCUT2D eigenvalue weighted by molar-refractivity contribution is -0.139. The van der Waals surface area contributed by atoms with Crippen LogP contribution in [0.4, 0.5) is 0 Å². The Hall–Kier alpha value is -3.58. The second-order valence-electron chi connectivity index (χ2n) is 8.01. The molecule has 34 heavy (non-hydrogen) atoms. The molecule has 1 atom stereocenters. The number of aryl methyl sites for hydroxylation is 1. The van der Waals surface area contributed by atoms with Crippen molar-refractivity contribution in [3.8, 4) is 28.5 Å². The standard InChI is InChI=1S/C27H31NO6/c1-5-31-16-26(34-22-13-14-25(19(4)15-22)32-17-27(29)30)24-8-6-7-23(28-24)20-9-11-21(12-10-20)33-18(2)3/h6-15,18,26H,5,16-17H2,1-4H3,(H,29,30). The topological polar surface area (TPSA) is 87.1 Å². The minimum absolute atomic E-state index is 0.116. The third-order valence-corrected chi connectivity index (χ3v) is 4.87. The summed E-state index contributed by atoms with van der Waals surface area (Å²) in [5.74, 6) is 0.913. The van der Waals surface area contributed by atoms with E-state index < -0.39 is 18.7 Å². The van der Waals surface area contributed by atoms with Gasteiger partial charge in [-0.1, -0.05) is 6.07 Å². The fourth-order valence-corrected chi connectivity index (χ4v) is 3.33. The van der Waals surface area contributed by atoms with Gasteiger partial charge in [0.05, 0.1) is 24.1 Å². The van der Waals surface area contributed by atoms with Crippen molar-refractivity contribution >= 4 is 5.97 Å². The van der Waals surface area contributed by atoms with Crippen LogP contribution in [0.5, 0.6) is 17.2 Å². The smallest absolute Gasteiger partial charge is 0.341 e. The average Bonchev–Trinajstić information content (AvgIpc) is 2.81. The number of rotatable bonds is 12. The molecule has 1 unspecified atom stereocenters. The number of pyridine rings is 1. The molecule has 2 aromatic carbocycles. The summed E-state index contributed by atoms with van der Waals surface area (Å²) in [6.07, 6.45) is -0.307. The molecule has 0 bridgehead atoms. The van der Waals surface area contributed by atoms with Gasteiger partial charge in [0.15, 0.2) is 12.7 Å². The summed E-state index contributed by atoms with van der Waals surface area (Å²) in [7, 11) is 0. The Labute approximate surface area is 200 Å². The highest BCUT2D eigenvalue weighted by Crippen LogP contribution is 2.29. The maximum atomic E-state index is 10.8. The van der Waals surface area contributed by atoms with Gasteiger partial charge >= 0.3 is 5.97 Å². The number of hydrogen-bond donors (Lipinski definition) is 1. The number of carboxylic acids is 1. The number of aromatic nitrogens is 1. The van der Waals surface area contributed by atoms with Gasteiger partial charge in [0.1, 0.15) is 17.2 Å². The lowest BCUT2D eigenvalue weighted by Gasteiger charge is -2.20. The van der Waals surface area contributed by atoms with Crippen molar-refractivity contribution in [1.82, 2.24) is 4.98 Å². The van der Waals surface area contributed by atoms with Crippen molar-refractivity contribution in [2.24, 2.45) is 0 Å². The number of hydrogen-bond acceptors (Lipinski definition) is 6. The van der Waals surface area contributed by atoms with E-state index in [2.05, 4.69) is 0 Å². The quantitative estimate of drug-likeness (QED) is 0.380. The van der Waals surface area contributed by atoms with Crippen LogP contribution < -0.4 is 14.2 Å². The van der Waals surface area contributed by atoms with Gasteiger partial charge < -0.3 is 24.1 Å². The molecule has 0 amide bonds. The van der Waals surface area contributed by atoms with E-state index >= 15 is 0 Å². The molecule has 0 aliphatic heterocycles. The molecule has 0 spiro atoms. The Kier molecular flexibility index (Phi) is 8.87. The SMILES string of the molecule is CCOCC(Oc1ccc(OCC(=O)O)c(C)c1)c1cccc(-c2ccc(OC(C)C)cc2)n1. The Morgan fingerprint density at radius 2 is 1.74 bits per heavy atom. The first kappa shape index (κ1) is 25.1. The number of carboxylic acid groups (broad SMARTS) is 1. The van der Waals surface area contributed by atoms with E-state index in [-0.39, 0.29) is 6.10 Å². The van der Waals surface area contributed by atoms with E-state index in [1.54, 1.807) is 12.1 Å². The molecule has 0 aliphatic carbocycles. The van der Waals surface area contributed by atoms with Crippen molar-refractivity contribution in [1.29, 1.82) is 0 Å². The van der Waals surface area contributed by atoms with Crippen molar-refractivity contribution in [2.45, 2.75) is 39.9 Å². The van der Waals surface area contributed by atoms with Crippen LogP contribution in [0, 0.1) is 6.92 Å². The number of aliphatic carboxylic acids is 1. The molecule has 0 aliphatic rings. The molecular weight excluding hydrogens is 434 g/mol. The molecule has 180 valence electrons. The summed E-state index contributed by atoms with van der Waals surface area (Å²) in [5, 5.41) is 8.82. The zero-order valence-electron chi connectivity index (χ0n) is 20.0. The van der Waals surface area contributed by atoms with E-state index in [4.69, 9.17) is 29.0 Å². The number of ether oxygens (including phenoxy) is 4.